The van der Waals surface area contributed by atoms with Gasteiger partial charge in [-0.1, -0.05) is 30.3 Å². The van der Waals surface area contributed by atoms with E-state index in [1.54, 1.807) is 0 Å². The summed E-state index contributed by atoms with van der Waals surface area (Å²) in [7, 11) is 0. The van der Waals surface area contributed by atoms with Crippen LogP contribution >= 0.6 is 0 Å². The van der Waals surface area contributed by atoms with Crippen molar-refractivity contribution in [2.45, 2.75) is 19.0 Å². The molecule has 25 heavy (non-hydrogen) atoms. The second kappa shape index (κ2) is 6.74. The minimum atomic E-state index is -4.75. The molecular formula is C18H17F3N2O2. The van der Waals surface area contributed by atoms with Gasteiger partial charge >= 0.3 is 6.18 Å². The number of nitrogens with zero attached hydrogens (tertiary/aromatic N) is 2. The van der Waals surface area contributed by atoms with Gasteiger partial charge < -0.3 is 4.90 Å². The van der Waals surface area contributed by atoms with E-state index in [9.17, 15) is 23.3 Å². The third kappa shape index (κ3) is 3.92. The number of halogens is 3. The Morgan fingerprint density at radius 3 is 2.52 bits per heavy atom. The lowest BCUT2D eigenvalue weighted by atomic mass is 9.99. The van der Waals surface area contributed by atoms with Crippen LogP contribution in [0.5, 0.6) is 0 Å². The average Bonchev–Trinajstić information content (AvgIpc) is 3.03. The van der Waals surface area contributed by atoms with Crippen molar-refractivity contribution < 1.29 is 18.1 Å². The van der Waals surface area contributed by atoms with Crippen LogP contribution in [-0.2, 0) is 12.6 Å². The Balaban J connectivity index is 1.77. The van der Waals surface area contributed by atoms with Crippen LogP contribution in [0, 0.1) is 16.0 Å². The van der Waals surface area contributed by atoms with Crippen LogP contribution in [0.2, 0.25) is 0 Å². The molecule has 2 aromatic carbocycles. The van der Waals surface area contributed by atoms with Gasteiger partial charge in [-0.3, -0.25) is 10.1 Å². The van der Waals surface area contributed by atoms with E-state index in [1.165, 1.54) is 11.6 Å². The molecular weight excluding hydrogens is 333 g/mol. The van der Waals surface area contributed by atoms with E-state index < -0.39 is 22.4 Å². The molecule has 0 saturated carbocycles. The first kappa shape index (κ1) is 17.3. The van der Waals surface area contributed by atoms with Crippen molar-refractivity contribution in [1.82, 2.24) is 0 Å². The SMILES string of the molecule is O=[N+]([O-])c1ccc(N2CCC(Cc3ccccc3)C2)cc1C(F)(F)F. The number of benzene rings is 2. The Morgan fingerprint density at radius 2 is 1.88 bits per heavy atom. The second-order valence-corrected chi connectivity index (χ2v) is 6.25. The summed E-state index contributed by atoms with van der Waals surface area (Å²) in [4.78, 5) is 11.7. The Hall–Kier alpha value is -2.57. The van der Waals surface area contributed by atoms with Crippen LogP contribution in [0.15, 0.2) is 48.5 Å². The second-order valence-electron chi connectivity index (χ2n) is 6.25. The molecule has 1 saturated heterocycles. The molecule has 0 bridgehead atoms. The number of rotatable bonds is 4. The fourth-order valence-electron chi connectivity index (χ4n) is 3.29. The van der Waals surface area contributed by atoms with Crippen molar-refractivity contribution in [3.63, 3.8) is 0 Å². The zero-order valence-electron chi connectivity index (χ0n) is 13.4. The molecule has 1 fully saturated rings. The van der Waals surface area contributed by atoms with Gasteiger partial charge in [0, 0.05) is 24.8 Å². The number of hydrogen-bond donors (Lipinski definition) is 0. The molecule has 0 aliphatic carbocycles. The van der Waals surface area contributed by atoms with E-state index in [4.69, 9.17) is 0 Å². The van der Waals surface area contributed by atoms with Gasteiger partial charge in [0.2, 0.25) is 0 Å². The van der Waals surface area contributed by atoms with Gasteiger partial charge in [-0.2, -0.15) is 13.2 Å². The molecule has 1 atom stereocenters. The molecule has 2 aromatic rings. The summed E-state index contributed by atoms with van der Waals surface area (Å²) in [5.41, 5.74) is -0.514. The summed E-state index contributed by atoms with van der Waals surface area (Å²) < 4.78 is 39.4. The Morgan fingerprint density at radius 1 is 1.16 bits per heavy atom. The van der Waals surface area contributed by atoms with Gasteiger partial charge in [-0.25, -0.2) is 0 Å². The molecule has 0 spiro atoms. The van der Waals surface area contributed by atoms with E-state index in [0.717, 1.165) is 25.0 Å². The summed E-state index contributed by atoms with van der Waals surface area (Å²) >= 11 is 0. The number of alkyl halides is 3. The van der Waals surface area contributed by atoms with Crippen molar-refractivity contribution in [3.8, 4) is 0 Å². The highest BCUT2D eigenvalue weighted by Crippen LogP contribution is 2.39. The van der Waals surface area contributed by atoms with Crippen LogP contribution in [0.25, 0.3) is 0 Å². The number of nitro groups is 1. The summed E-state index contributed by atoms with van der Waals surface area (Å²) in [6.45, 7) is 1.29. The highest BCUT2D eigenvalue weighted by molar-refractivity contribution is 5.57. The molecule has 1 aliphatic heterocycles. The molecule has 1 aliphatic rings. The first-order chi connectivity index (χ1) is 11.8. The van der Waals surface area contributed by atoms with E-state index in [0.29, 0.717) is 24.7 Å². The van der Waals surface area contributed by atoms with Crippen LogP contribution < -0.4 is 4.90 Å². The van der Waals surface area contributed by atoms with Gasteiger partial charge in [0.25, 0.3) is 5.69 Å². The summed E-state index contributed by atoms with van der Waals surface area (Å²) in [6.07, 6.45) is -2.99. The normalized spacial score (nSPS) is 17.7. The van der Waals surface area contributed by atoms with Gasteiger partial charge in [0.1, 0.15) is 5.56 Å². The summed E-state index contributed by atoms with van der Waals surface area (Å²) in [6, 6.07) is 13.2. The van der Waals surface area contributed by atoms with Crippen molar-refractivity contribution in [2.75, 3.05) is 18.0 Å². The van der Waals surface area contributed by atoms with Gasteiger partial charge in [0.15, 0.2) is 0 Å². The molecule has 0 amide bonds. The average molecular weight is 350 g/mol. The maximum absolute atomic E-state index is 13.1. The molecule has 7 heteroatoms. The van der Waals surface area contributed by atoms with Crippen molar-refractivity contribution in [3.05, 3.63) is 69.8 Å². The lowest BCUT2D eigenvalue weighted by Gasteiger charge is -2.20. The van der Waals surface area contributed by atoms with Gasteiger partial charge in [-0.05, 0) is 36.5 Å². The predicted octanol–water partition coefficient (Wildman–Crippen LogP) is 4.68. The zero-order chi connectivity index (χ0) is 18.0. The molecule has 0 aromatic heterocycles. The van der Waals surface area contributed by atoms with Crippen LogP contribution in [-0.4, -0.2) is 18.0 Å². The lowest BCUT2D eigenvalue weighted by Crippen LogP contribution is -2.21. The minimum absolute atomic E-state index is 0.354. The van der Waals surface area contributed by atoms with Crippen molar-refractivity contribution >= 4 is 11.4 Å². The van der Waals surface area contributed by atoms with Crippen molar-refractivity contribution in [1.29, 1.82) is 0 Å². The standard InChI is InChI=1S/C18H17F3N2O2/c19-18(20,21)16-11-15(6-7-17(16)23(24)25)22-9-8-14(12-22)10-13-4-2-1-3-5-13/h1-7,11,14H,8-10,12H2. The molecule has 0 N–H and O–H groups in total. The first-order valence-corrected chi connectivity index (χ1v) is 7.99. The largest absolute Gasteiger partial charge is 0.423 e. The van der Waals surface area contributed by atoms with Crippen LogP contribution in [0.3, 0.4) is 0 Å². The molecule has 1 heterocycles. The molecule has 1 unspecified atom stereocenters. The molecule has 4 nitrogen and oxygen atoms in total. The Bertz CT molecular complexity index is 763. The zero-order valence-corrected chi connectivity index (χ0v) is 13.4. The number of anilines is 1. The lowest BCUT2D eigenvalue weighted by molar-refractivity contribution is -0.388. The molecule has 0 radical (unpaired) electrons. The smallest absolute Gasteiger partial charge is 0.371 e. The molecule has 132 valence electrons. The van der Waals surface area contributed by atoms with Gasteiger partial charge in [-0.15, -0.1) is 0 Å². The van der Waals surface area contributed by atoms with E-state index in [1.807, 2.05) is 35.2 Å². The third-order valence-electron chi connectivity index (χ3n) is 4.50. The maximum atomic E-state index is 13.1. The first-order valence-electron chi connectivity index (χ1n) is 7.99. The van der Waals surface area contributed by atoms with Crippen LogP contribution in [0.4, 0.5) is 24.5 Å². The quantitative estimate of drug-likeness (QED) is 0.594. The predicted molar refractivity (Wildman–Crippen MR) is 88.6 cm³/mol. The number of nitro benzene ring substituents is 1. The third-order valence-corrected chi connectivity index (χ3v) is 4.50. The molecule has 3 rings (SSSR count). The topological polar surface area (TPSA) is 46.4 Å². The Labute approximate surface area is 143 Å². The number of hydrogen-bond acceptors (Lipinski definition) is 3. The van der Waals surface area contributed by atoms with Crippen LogP contribution in [0.1, 0.15) is 17.5 Å². The fraction of sp³-hybridized carbons (Fsp3) is 0.333. The monoisotopic (exact) mass is 350 g/mol. The summed E-state index contributed by atoms with van der Waals surface area (Å²) in [5.74, 6) is 0.354. The highest BCUT2D eigenvalue weighted by atomic mass is 19.4. The minimum Gasteiger partial charge on any atom is -0.371 e. The van der Waals surface area contributed by atoms with E-state index in [-0.39, 0.29) is 0 Å². The highest BCUT2D eigenvalue weighted by Gasteiger charge is 2.39. The van der Waals surface area contributed by atoms with E-state index >= 15 is 0 Å². The maximum Gasteiger partial charge on any atom is 0.423 e. The van der Waals surface area contributed by atoms with Gasteiger partial charge in [0.05, 0.1) is 4.92 Å². The Kier molecular flexibility index (Phi) is 4.65. The fourth-order valence-corrected chi connectivity index (χ4v) is 3.29. The van der Waals surface area contributed by atoms with Crippen molar-refractivity contribution in [2.24, 2.45) is 5.92 Å². The van der Waals surface area contributed by atoms with E-state index in [2.05, 4.69) is 0 Å². The summed E-state index contributed by atoms with van der Waals surface area (Å²) in [5, 5.41) is 10.8.